The van der Waals surface area contributed by atoms with Crippen molar-refractivity contribution in [3.63, 3.8) is 0 Å². The molecule has 4 N–H and O–H groups in total. The molecule has 1 saturated heterocycles. The summed E-state index contributed by atoms with van der Waals surface area (Å²) in [5.41, 5.74) is 6.88. The first-order chi connectivity index (χ1) is 18.1. The molecule has 0 radical (unpaired) electrons. The molecule has 4 rings (SSSR count). The first-order valence-electron chi connectivity index (χ1n) is 12.2. The maximum absolute atomic E-state index is 15.2. The topological polar surface area (TPSA) is 126 Å². The second-order valence-corrected chi connectivity index (χ2v) is 8.93. The highest BCUT2D eigenvalue weighted by Gasteiger charge is 2.45. The Bertz CT molecular complexity index is 1340. The Hall–Kier alpha value is -3.97. The van der Waals surface area contributed by atoms with Crippen LogP contribution in [-0.2, 0) is 4.79 Å². The normalized spacial score (nSPS) is 17.3. The minimum atomic E-state index is -3.24. The van der Waals surface area contributed by atoms with E-state index in [2.05, 4.69) is 30.7 Å². The molecule has 1 amide bonds. The number of amides is 1. The molecule has 0 spiro atoms. The predicted molar refractivity (Wildman–Crippen MR) is 137 cm³/mol. The van der Waals surface area contributed by atoms with Gasteiger partial charge in [0.15, 0.2) is 17.5 Å². The molecule has 4 heterocycles. The molecule has 38 heavy (non-hydrogen) atoms. The molecule has 3 aromatic rings. The summed E-state index contributed by atoms with van der Waals surface area (Å²) in [6.07, 6.45) is 4.38. The molecule has 0 aliphatic carbocycles. The molecule has 0 saturated carbocycles. The summed E-state index contributed by atoms with van der Waals surface area (Å²) in [5, 5.41) is 9.58. The van der Waals surface area contributed by atoms with Gasteiger partial charge in [-0.1, -0.05) is 13.3 Å². The quantitative estimate of drug-likeness (QED) is 0.279. The van der Waals surface area contributed by atoms with Crippen molar-refractivity contribution in [1.82, 2.24) is 24.5 Å². The highest BCUT2D eigenvalue weighted by atomic mass is 19.3. The van der Waals surface area contributed by atoms with Gasteiger partial charge in [-0.2, -0.15) is 4.98 Å². The number of piperidine rings is 1. The number of nitrogens with two attached hydrogens (primary N) is 1. The number of carbonyl (C=O) groups is 1. The molecular formula is C24H29F4N9O. The standard InChI is InChI=1S/C24H29F4N9O/c1-3-4-9-30-17-6-5-16(32-22(17)31-10-8-25)19-15(26)12-37-20(19)21(29)34-23(35-37)33-18-7-11-36(14(2)38)13-24(18,27)28/h5-6,9,12,18H,3-4,7-8,10-11,13H2,1-2H3,(H,31,32)(H3,29,33,34,35)/t18-/m1/s1. The first-order valence-corrected chi connectivity index (χ1v) is 12.2. The van der Waals surface area contributed by atoms with Gasteiger partial charge < -0.3 is 21.3 Å². The van der Waals surface area contributed by atoms with E-state index in [-0.39, 0.29) is 53.9 Å². The number of aromatic nitrogens is 4. The number of nitrogens with zero attached hydrogens (tertiary/aromatic N) is 6. The average Bonchev–Trinajstić information content (AvgIpc) is 3.20. The van der Waals surface area contributed by atoms with Crippen molar-refractivity contribution in [3.8, 4) is 11.3 Å². The third kappa shape index (κ3) is 5.63. The molecule has 0 bridgehead atoms. The molecule has 1 fully saturated rings. The van der Waals surface area contributed by atoms with Gasteiger partial charge in [-0.15, -0.1) is 5.10 Å². The second-order valence-electron chi connectivity index (χ2n) is 8.93. The lowest BCUT2D eigenvalue weighted by molar-refractivity contribution is -0.140. The van der Waals surface area contributed by atoms with Crippen LogP contribution in [0.3, 0.4) is 0 Å². The van der Waals surface area contributed by atoms with Gasteiger partial charge in [-0.05, 0) is 25.0 Å². The largest absolute Gasteiger partial charge is 0.382 e. The summed E-state index contributed by atoms with van der Waals surface area (Å²) < 4.78 is 58.4. The van der Waals surface area contributed by atoms with Gasteiger partial charge in [0.05, 0.1) is 30.0 Å². The van der Waals surface area contributed by atoms with Crippen molar-refractivity contribution in [2.45, 2.75) is 45.1 Å². The number of carbonyl (C=O) groups excluding carboxylic acids is 1. The number of halogens is 4. The van der Waals surface area contributed by atoms with E-state index >= 15 is 4.39 Å². The third-order valence-electron chi connectivity index (χ3n) is 6.12. The van der Waals surface area contributed by atoms with Crippen LogP contribution in [0.4, 0.5) is 40.8 Å². The number of alkyl halides is 3. The zero-order chi connectivity index (χ0) is 27.4. The maximum Gasteiger partial charge on any atom is 0.285 e. The van der Waals surface area contributed by atoms with Gasteiger partial charge in [-0.3, -0.25) is 9.79 Å². The molecule has 1 atom stereocenters. The lowest BCUT2D eigenvalue weighted by Crippen LogP contribution is -2.55. The van der Waals surface area contributed by atoms with E-state index in [1.807, 2.05) is 6.92 Å². The van der Waals surface area contributed by atoms with Crippen LogP contribution in [0.25, 0.3) is 16.8 Å². The van der Waals surface area contributed by atoms with Crippen LogP contribution in [-0.4, -0.2) is 74.9 Å². The lowest BCUT2D eigenvalue weighted by atomic mass is 10.0. The number of fused-ring (bicyclic) bond motifs is 1. The van der Waals surface area contributed by atoms with Gasteiger partial charge in [0.25, 0.3) is 5.92 Å². The van der Waals surface area contributed by atoms with Crippen molar-refractivity contribution < 1.29 is 22.4 Å². The fraction of sp³-hybridized carbons (Fsp3) is 0.458. The average molecular weight is 536 g/mol. The van der Waals surface area contributed by atoms with Gasteiger partial charge in [0.2, 0.25) is 11.9 Å². The molecule has 1 aliphatic rings. The number of hydrogen-bond donors (Lipinski definition) is 3. The number of nitrogen functional groups attached to an aromatic ring is 1. The molecule has 1 aliphatic heterocycles. The minimum Gasteiger partial charge on any atom is -0.382 e. The summed E-state index contributed by atoms with van der Waals surface area (Å²) in [6.45, 7) is 2.00. The minimum absolute atomic E-state index is 0.00142. The monoisotopic (exact) mass is 535 g/mol. The smallest absolute Gasteiger partial charge is 0.285 e. The van der Waals surface area contributed by atoms with Crippen LogP contribution in [0.1, 0.15) is 33.1 Å². The molecule has 10 nitrogen and oxygen atoms in total. The third-order valence-corrected chi connectivity index (χ3v) is 6.12. The molecule has 3 aromatic heterocycles. The summed E-state index contributed by atoms with van der Waals surface area (Å²) in [4.78, 5) is 25.5. The summed E-state index contributed by atoms with van der Waals surface area (Å²) in [5.74, 6) is -4.49. The summed E-state index contributed by atoms with van der Waals surface area (Å²) in [7, 11) is 0. The highest BCUT2D eigenvalue weighted by molar-refractivity contribution is 5.88. The molecule has 204 valence electrons. The lowest BCUT2D eigenvalue weighted by Gasteiger charge is -2.38. The Morgan fingerprint density at radius 1 is 1.34 bits per heavy atom. The van der Waals surface area contributed by atoms with E-state index in [1.165, 1.54) is 6.92 Å². The van der Waals surface area contributed by atoms with Gasteiger partial charge in [-0.25, -0.2) is 27.1 Å². The Morgan fingerprint density at radius 2 is 2.13 bits per heavy atom. The molecule has 0 aromatic carbocycles. The second kappa shape index (κ2) is 11.2. The number of pyridine rings is 1. The number of nitrogens with one attached hydrogen (secondary N) is 2. The van der Waals surface area contributed by atoms with Crippen molar-refractivity contribution in [2.75, 3.05) is 42.7 Å². The van der Waals surface area contributed by atoms with Crippen molar-refractivity contribution >= 4 is 40.9 Å². The number of likely N-dealkylation sites (tertiary alicyclic amines) is 1. The van der Waals surface area contributed by atoms with Crippen LogP contribution < -0.4 is 16.4 Å². The first kappa shape index (κ1) is 27.1. The maximum atomic E-state index is 15.2. The molecule has 0 unspecified atom stereocenters. The van der Waals surface area contributed by atoms with Crippen LogP contribution >= 0.6 is 0 Å². The zero-order valence-corrected chi connectivity index (χ0v) is 21.0. The number of hydrogen-bond acceptors (Lipinski definition) is 8. The predicted octanol–water partition coefficient (Wildman–Crippen LogP) is 4.06. The van der Waals surface area contributed by atoms with Crippen LogP contribution in [0.2, 0.25) is 0 Å². The number of unbranched alkanes of at least 4 members (excludes halogenated alkanes) is 1. The van der Waals surface area contributed by atoms with Crippen molar-refractivity contribution in [2.24, 2.45) is 4.99 Å². The van der Waals surface area contributed by atoms with Crippen molar-refractivity contribution in [3.05, 3.63) is 24.1 Å². The SMILES string of the molecule is CCCC=Nc1ccc(-c2c(F)cn3nc(N[C@@H]4CCN(C(C)=O)CC4(F)F)nc(N)c23)nc1NCCF. The van der Waals surface area contributed by atoms with Crippen molar-refractivity contribution in [1.29, 1.82) is 0 Å². The van der Waals surface area contributed by atoms with E-state index in [0.29, 0.717) is 5.69 Å². The Balaban J connectivity index is 1.66. The summed E-state index contributed by atoms with van der Waals surface area (Å²) in [6, 6.07) is 1.83. The van der Waals surface area contributed by atoms with E-state index in [1.54, 1.807) is 18.3 Å². The zero-order valence-electron chi connectivity index (χ0n) is 21.0. The van der Waals surface area contributed by atoms with Gasteiger partial charge >= 0.3 is 0 Å². The fourth-order valence-electron chi connectivity index (χ4n) is 4.21. The number of rotatable bonds is 9. The van der Waals surface area contributed by atoms with Crippen LogP contribution in [0, 0.1) is 5.82 Å². The van der Waals surface area contributed by atoms with Crippen LogP contribution in [0.15, 0.2) is 23.3 Å². The van der Waals surface area contributed by atoms with Gasteiger partial charge in [0.1, 0.15) is 17.9 Å². The Morgan fingerprint density at radius 3 is 2.82 bits per heavy atom. The molecular weight excluding hydrogens is 506 g/mol. The number of anilines is 3. The number of aliphatic imine (C=N–C) groups is 1. The molecule has 14 heteroatoms. The Labute approximate surface area is 216 Å². The summed E-state index contributed by atoms with van der Waals surface area (Å²) >= 11 is 0. The van der Waals surface area contributed by atoms with Gasteiger partial charge in [0, 0.05) is 26.2 Å². The fourth-order valence-corrected chi connectivity index (χ4v) is 4.21. The van der Waals surface area contributed by atoms with E-state index in [0.717, 1.165) is 28.5 Å². The highest BCUT2D eigenvalue weighted by Crippen LogP contribution is 2.35. The van der Waals surface area contributed by atoms with E-state index < -0.39 is 36.9 Å². The Kier molecular flexibility index (Phi) is 7.97. The van der Waals surface area contributed by atoms with E-state index in [9.17, 15) is 18.0 Å². The van der Waals surface area contributed by atoms with E-state index in [4.69, 9.17) is 5.73 Å². The van der Waals surface area contributed by atoms with Crippen LogP contribution in [0.5, 0.6) is 0 Å².